The van der Waals surface area contributed by atoms with E-state index >= 15 is 0 Å². The molecule has 6 nitrogen and oxygen atoms in total. The minimum Gasteiger partial charge on any atom is -0.444 e. The minimum absolute atomic E-state index is 0.297. The zero-order valence-corrected chi connectivity index (χ0v) is 14.7. The van der Waals surface area contributed by atoms with Gasteiger partial charge in [0, 0.05) is 18.8 Å². The van der Waals surface area contributed by atoms with Crippen LogP contribution in [0.1, 0.15) is 26.3 Å². The third-order valence-electron chi connectivity index (χ3n) is 3.44. The standard InChI is InChI=1S/C19H23N3O3/c1-19(2,3)25-18(24)22-16(17(20)23)12-13-4-6-14(7-5-13)15-8-10-21-11-9-15/h4-11,16H,12H2,1-3H3,(H2,20,23)(H,22,24). The van der Waals surface area contributed by atoms with E-state index in [4.69, 9.17) is 10.5 Å². The molecule has 2 aromatic rings. The molecule has 3 N–H and O–H groups in total. The lowest BCUT2D eigenvalue weighted by atomic mass is 10.0. The van der Waals surface area contributed by atoms with Gasteiger partial charge in [0.1, 0.15) is 11.6 Å². The van der Waals surface area contributed by atoms with Gasteiger partial charge in [-0.1, -0.05) is 24.3 Å². The van der Waals surface area contributed by atoms with Crippen molar-refractivity contribution in [3.63, 3.8) is 0 Å². The summed E-state index contributed by atoms with van der Waals surface area (Å²) >= 11 is 0. The zero-order chi connectivity index (χ0) is 18.4. The first-order chi connectivity index (χ1) is 11.7. The van der Waals surface area contributed by atoms with Crippen molar-refractivity contribution in [2.45, 2.75) is 38.8 Å². The van der Waals surface area contributed by atoms with E-state index in [1.807, 2.05) is 36.4 Å². The Bertz CT molecular complexity index is 722. The van der Waals surface area contributed by atoms with Gasteiger partial charge in [-0.2, -0.15) is 0 Å². The maximum atomic E-state index is 11.9. The lowest BCUT2D eigenvalue weighted by Crippen LogP contribution is -2.47. The van der Waals surface area contributed by atoms with Gasteiger partial charge < -0.3 is 15.8 Å². The van der Waals surface area contributed by atoms with Crippen LogP contribution in [0.25, 0.3) is 11.1 Å². The Kier molecular flexibility index (Phi) is 5.75. The maximum Gasteiger partial charge on any atom is 0.408 e. The van der Waals surface area contributed by atoms with Gasteiger partial charge in [0.2, 0.25) is 5.91 Å². The fourth-order valence-electron chi connectivity index (χ4n) is 2.29. The first kappa shape index (κ1) is 18.4. The van der Waals surface area contributed by atoms with E-state index in [-0.39, 0.29) is 0 Å². The van der Waals surface area contributed by atoms with Crippen molar-refractivity contribution >= 4 is 12.0 Å². The number of nitrogens with two attached hydrogens (primary N) is 1. The van der Waals surface area contributed by atoms with E-state index in [2.05, 4.69) is 10.3 Å². The Morgan fingerprint density at radius 1 is 1.08 bits per heavy atom. The summed E-state index contributed by atoms with van der Waals surface area (Å²) in [6, 6.07) is 10.7. The zero-order valence-electron chi connectivity index (χ0n) is 14.7. The Labute approximate surface area is 147 Å². The summed E-state index contributed by atoms with van der Waals surface area (Å²) in [5, 5.41) is 2.52. The van der Waals surface area contributed by atoms with E-state index < -0.39 is 23.6 Å². The largest absolute Gasteiger partial charge is 0.444 e. The van der Waals surface area contributed by atoms with Crippen LogP contribution in [0.2, 0.25) is 0 Å². The van der Waals surface area contributed by atoms with Crippen molar-refractivity contribution in [2.75, 3.05) is 0 Å². The van der Waals surface area contributed by atoms with Gasteiger partial charge >= 0.3 is 6.09 Å². The van der Waals surface area contributed by atoms with E-state index in [0.717, 1.165) is 16.7 Å². The number of nitrogens with zero attached hydrogens (tertiary/aromatic N) is 1. The second-order valence-electron chi connectivity index (χ2n) is 6.74. The molecule has 1 atom stereocenters. The predicted octanol–water partition coefficient (Wildman–Crippen LogP) is 2.67. The SMILES string of the molecule is CC(C)(C)OC(=O)NC(Cc1ccc(-c2ccncc2)cc1)C(N)=O. The molecule has 1 unspecified atom stereocenters. The number of hydrogen-bond donors (Lipinski definition) is 2. The molecule has 0 aliphatic carbocycles. The first-order valence-corrected chi connectivity index (χ1v) is 8.03. The lowest BCUT2D eigenvalue weighted by Gasteiger charge is -2.22. The quantitative estimate of drug-likeness (QED) is 0.874. The molecule has 2 amide bonds. The van der Waals surface area contributed by atoms with Crippen molar-refractivity contribution < 1.29 is 14.3 Å². The van der Waals surface area contributed by atoms with Crippen LogP contribution in [-0.4, -0.2) is 28.6 Å². The van der Waals surface area contributed by atoms with Crippen LogP contribution in [0.3, 0.4) is 0 Å². The molecule has 0 fully saturated rings. The number of alkyl carbamates (subject to hydrolysis) is 1. The van der Waals surface area contributed by atoms with Crippen molar-refractivity contribution in [2.24, 2.45) is 5.73 Å². The van der Waals surface area contributed by atoms with Gasteiger partial charge in [-0.05, 0) is 49.6 Å². The van der Waals surface area contributed by atoms with Gasteiger partial charge in [-0.25, -0.2) is 4.79 Å². The van der Waals surface area contributed by atoms with Crippen LogP contribution in [0.15, 0.2) is 48.8 Å². The van der Waals surface area contributed by atoms with E-state index in [1.54, 1.807) is 33.2 Å². The van der Waals surface area contributed by atoms with E-state index in [0.29, 0.717) is 6.42 Å². The van der Waals surface area contributed by atoms with Crippen LogP contribution >= 0.6 is 0 Å². The smallest absolute Gasteiger partial charge is 0.408 e. The molecule has 1 aromatic heterocycles. The number of ether oxygens (including phenoxy) is 1. The Morgan fingerprint density at radius 2 is 1.64 bits per heavy atom. The molecule has 6 heteroatoms. The molecule has 0 radical (unpaired) electrons. The molecule has 0 spiro atoms. The van der Waals surface area contributed by atoms with Gasteiger partial charge in [0.15, 0.2) is 0 Å². The Morgan fingerprint density at radius 3 is 2.16 bits per heavy atom. The van der Waals surface area contributed by atoms with E-state index in [9.17, 15) is 9.59 Å². The highest BCUT2D eigenvalue weighted by Gasteiger charge is 2.22. The number of carbonyl (C=O) groups excluding carboxylic acids is 2. The average Bonchev–Trinajstić information content (AvgIpc) is 2.54. The molecule has 0 saturated carbocycles. The second-order valence-corrected chi connectivity index (χ2v) is 6.74. The Hall–Kier alpha value is -2.89. The number of rotatable bonds is 5. The Balaban J connectivity index is 2.04. The van der Waals surface area contributed by atoms with Crippen LogP contribution in [0, 0.1) is 0 Å². The van der Waals surface area contributed by atoms with Crippen molar-refractivity contribution in [3.8, 4) is 11.1 Å². The molecule has 0 bridgehead atoms. The highest BCUT2D eigenvalue weighted by molar-refractivity contribution is 5.84. The molecule has 1 aromatic carbocycles. The van der Waals surface area contributed by atoms with Gasteiger partial charge in [0.05, 0.1) is 0 Å². The number of carbonyl (C=O) groups is 2. The number of amides is 2. The molecular weight excluding hydrogens is 318 g/mol. The molecule has 0 aliphatic heterocycles. The van der Waals surface area contributed by atoms with Crippen molar-refractivity contribution in [1.82, 2.24) is 10.3 Å². The molecule has 1 heterocycles. The monoisotopic (exact) mass is 341 g/mol. The van der Waals surface area contributed by atoms with Crippen LogP contribution < -0.4 is 11.1 Å². The lowest BCUT2D eigenvalue weighted by molar-refractivity contribution is -0.120. The topological polar surface area (TPSA) is 94.3 Å². The number of benzene rings is 1. The second kappa shape index (κ2) is 7.79. The van der Waals surface area contributed by atoms with Crippen LogP contribution in [0.5, 0.6) is 0 Å². The highest BCUT2D eigenvalue weighted by atomic mass is 16.6. The fourth-order valence-corrected chi connectivity index (χ4v) is 2.29. The summed E-state index contributed by atoms with van der Waals surface area (Å²) in [6.07, 6.45) is 3.10. The number of pyridine rings is 1. The molecule has 25 heavy (non-hydrogen) atoms. The average molecular weight is 341 g/mol. The van der Waals surface area contributed by atoms with Gasteiger partial charge in [0.25, 0.3) is 0 Å². The maximum absolute atomic E-state index is 11.9. The van der Waals surface area contributed by atoms with Gasteiger partial charge in [-0.15, -0.1) is 0 Å². The number of nitrogens with one attached hydrogen (secondary N) is 1. The summed E-state index contributed by atoms with van der Waals surface area (Å²) in [6.45, 7) is 5.26. The summed E-state index contributed by atoms with van der Waals surface area (Å²) in [5.74, 6) is -0.607. The van der Waals surface area contributed by atoms with E-state index in [1.165, 1.54) is 0 Å². The summed E-state index contributed by atoms with van der Waals surface area (Å²) in [4.78, 5) is 27.5. The number of aromatic nitrogens is 1. The molecular formula is C19H23N3O3. The fraction of sp³-hybridized carbons (Fsp3) is 0.316. The third-order valence-corrected chi connectivity index (χ3v) is 3.44. The van der Waals surface area contributed by atoms with Crippen molar-refractivity contribution in [1.29, 1.82) is 0 Å². The minimum atomic E-state index is -0.832. The molecule has 132 valence electrons. The number of primary amides is 1. The summed E-state index contributed by atoms with van der Waals surface area (Å²) in [5.41, 5.74) is 7.75. The molecule has 0 saturated heterocycles. The summed E-state index contributed by atoms with van der Waals surface area (Å²) < 4.78 is 5.17. The summed E-state index contributed by atoms with van der Waals surface area (Å²) in [7, 11) is 0. The van der Waals surface area contributed by atoms with Crippen LogP contribution in [0.4, 0.5) is 4.79 Å². The number of hydrogen-bond acceptors (Lipinski definition) is 4. The third kappa shape index (κ3) is 5.91. The first-order valence-electron chi connectivity index (χ1n) is 8.03. The van der Waals surface area contributed by atoms with Gasteiger partial charge in [-0.3, -0.25) is 9.78 Å². The molecule has 2 rings (SSSR count). The van der Waals surface area contributed by atoms with Crippen molar-refractivity contribution in [3.05, 3.63) is 54.4 Å². The van der Waals surface area contributed by atoms with Crippen LogP contribution in [-0.2, 0) is 16.0 Å². The molecule has 0 aliphatic rings. The normalized spacial score (nSPS) is 12.3. The highest BCUT2D eigenvalue weighted by Crippen LogP contribution is 2.19. The predicted molar refractivity (Wildman–Crippen MR) is 95.7 cm³/mol.